The van der Waals surface area contributed by atoms with Crippen molar-refractivity contribution in [1.29, 1.82) is 5.26 Å². The largest absolute Gasteiger partial charge is 0.305 e. The van der Waals surface area contributed by atoms with E-state index in [0.717, 1.165) is 19.4 Å². The fourth-order valence-corrected chi connectivity index (χ4v) is 0.834. The maximum absolute atomic E-state index is 8.53. The number of hydrogen-bond acceptors (Lipinski definition) is 3. The Morgan fingerprint density at radius 1 is 1.73 bits per heavy atom. The van der Waals surface area contributed by atoms with Gasteiger partial charge in [0.1, 0.15) is 12.4 Å². The van der Waals surface area contributed by atoms with Gasteiger partial charge in [0.05, 0.1) is 0 Å². The first-order chi connectivity index (χ1) is 5.38. The van der Waals surface area contributed by atoms with Gasteiger partial charge in [0.15, 0.2) is 0 Å². The molecular formula is C7H10N4. The molecule has 1 aromatic rings. The summed E-state index contributed by atoms with van der Waals surface area (Å²) in [5, 5.41) is 15.8. The third-order valence-electron chi connectivity index (χ3n) is 1.47. The molecule has 58 valence electrons. The fraction of sp³-hybridized carbons (Fsp3) is 0.571. The van der Waals surface area contributed by atoms with Crippen LogP contribution >= 0.6 is 0 Å². The number of hydrogen-bond donors (Lipinski definition) is 0. The van der Waals surface area contributed by atoms with Gasteiger partial charge >= 0.3 is 0 Å². The molecule has 0 aliphatic carbocycles. The van der Waals surface area contributed by atoms with E-state index in [-0.39, 0.29) is 0 Å². The van der Waals surface area contributed by atoms with Gasteiger partial charge in [-0.1, -0.05) is 13.3 Å². The lowest BCUT2D eigenvalue weighted by atomic mass is 10.3. The molecule has 0 aliphatic rings. The zero-order valence-corrected chi connectivity index (χ0v) is 6.49. The van der Waals surface area contributed by atoms with Crippen molar-refractivity contribution in [2.24, 2.45) is 0 Å². The van der Waals surface area contributed by atoms with E-state index in [4.69, 9.17) is 5.26 Å². The summed E-state index contributed by atoms with van der Waals surface area (Å²) in [5.74, 6) is 0.401. The maximum Gasteiger partial charge on any atom is 0.234 e. The minimum atomic E-state index is 0.401. The Balaban J connectivity index is 2.63. The van der Waals surface area contributed by atoms with Crippen molar-refractivity contribution in [3.05, 3.63) is 12.2 Å². The zero-order valence-electron chi connectivity index (χ0n) is 6.49. The Hall–Kier alpha value is -1.37. The van der Waals surface area contributed by atoms with Crippen LogP contribution < -0.4 is 0 Å². The van der Waals surface area contributed by atoms with Crippen LogP contribution in [0.5, 0.6) is 0 Å². The van der Waals surface area contributed by atoms with Crippen molar-refractivity contribution < 1.29 is 0 Å². The van der Waals surface area contributed by atoms with Crippen LogP contribution in [0, 0.1) is 11.3 Å². The van der Waals surface area contributed by atoms with Crippen molar-refractivity contribution >= 4 is 0 Å². The van der Waals surface area contributed by atoms with Crippen LogP contribution in [0.4, 0.5) is 0 Å². The van der Waals surface area contributed by atoms with Gasteiger partial charge in [-0.15, -0.1) is 10.2 Å². The van der Waals surface area contributed by atoms with Crippen molar-refractivity contribution in [3.8, 4) is 6.07 Å². The monoisotopic (exact) mass is 150 g/mol. The summed E-state index contributed by atoms with van der Waals surface area (Å²) >= 11 is 0. The van der Waals surface area contributed by atoms with Crippen LogP contribution in [0.3, 0.4) is 0 Å². The van der Waals surface area contributed by atoms with Gasteiger partial charge in [-0.2, -0.15) is 5.26 Å². The lowest BCUT2D eigenvalue weighted by Gasteiger charge is -1.97. The Morgan fingerprint density at radius 3 is 3.18 bits per heavy atom. The van der Waals surface area contributed by atoms with E-state index in [0.29, 0.717) is 5.82 Å². The summed E-state index contributed by atoms with van der Waals surface area (Å²) in [5.41, 5.74) is 0. The standard InChI is InChI=1S/C7H10N4/c1-2-3-4-11-6-9-10-7(11)5-8/h6H,2-4H2,1H3. The van der Waals surface area contributed by atoms with Gasteiger partial charge in [-0.25, -0.2) is 0 Å². The molecule has 1 heterocycles. The highest BCUT2D eigenvalue weighted by atomic mass is 15.3. The molecule has 0 unspecified atom stereocenters. The first kappa shape index (κ1) is 7.73. The quantitative estimate of drug-likeness (QED) is 0.644. The van der Waals surface area contributed by atoms with Crippen LogP contribution in [0.1, 0.15) is 25.6 Å². The second-order valence-corrected chi connectivity index (χ2v) is 2.31. The molecule has 0 aliphatic heterocycles. The molecule has 0 bridgehead atoms. The first-order valence-corrected chi connectivity index (χ1v) is 3.66. The third-order valence-corrected chi connectivity index (χ3v) is 1.47. The molecule has 4 heteroatoms. The van der Waals surface area contributed by atoms with Crippen LogP contribution in [-0.2, 0) is 6.54 Å². The van der Waals surface area contributed by atoms with Gasteiger partial charge in [0, 0.05) is 6.54 Å². The third kappa shape index (κ3) is 1.77. The SMILES string of the molecule is CCCCn1cnnc1C#N. The van der Waals surface area contributed by atoms with Gasteiger partial charge < -0.3 is 4.57 Å². The molecule has 0 aromatic carbocycles. The van der Waals surface area contributed by atoms with Gasteiger partial charge in [0.2, 0.25) is 5.82 Å². The predicted octanol–water partition coefficient (Wildman–Crippen LogP) is 0.950. The van der Waals surface area contributed by atoms with E-state index in [2.05, 4.69) is 17.1 Å². The van der Waals surface area contributed by atoms with Gasteiger partial charge in [-0.3, -0.25) is 0 Å². The van der Waals surface area contributed by atoms with Crippen molar-refractivity contribution in [1.82, 2.24) is 14.8 Å². The number of nitriles is 1. The lowest BCUT2D eigenvalue weighted by Crippen LogP contribution is -1.99. The number of aryl methyl sites for hydroxylation is 1. The molecule has 0 radical (unpaired) electrons. The molecule has 0 saturated carbocycles. The minimum Gasteiger partial charge on any atom is -0.305 e. The zero-order chi connectivity index (χ0) is 8.10. The van der Waals surface area contributed by atoms with Crippen LogP contribution in [0.15, 0.2) is 6.33 Å². The summed E-state index contributed by atoms with van der Waals surface area (Å²) in [6, 6.07) is 1.97. The number of unbranched alkanes of at least 4 members (excludes halogenated alkanes) is 1. The van der Waals surface area contributed by atoms with E-state index in [1.807, 2.05) is 6.07 Å². The second-order valence-electron chi connectivity index (χ2n) is 2.31. The van der Waals surface area contributed by atoms with Crippen LogP contribution in [-0.4, -0.2) is 14.8 Å². The highest BCUT2D eigenvalue weighted by Crippen LogP contribution is 1.96. The van der Waals surface area contributed by atoms with Gasteiger partial charge in [-0.05, 0) is 6.42 Å². The normalized spacial score (nSPS) is 9.45. The Kier molecular flexibility index (Phi) is 2.61. The summed E-state index contributed by atoms with van der Waals surface area (Å²) in [7, 11) is 0. The number of rotatable bonds is 3. The summed E-state index contributed by atoms with van der Waals surface area (Å²) in [6.07, 6.45) is 3.77. The maximum atomic E-state index is 8.53. The van der Waals surface area contributed by atoms with E-state index < -0.39 is 0 Å². The first-order valence-electron chi connectivity index (χ1n) is 3.66. The van der Waals surface area contributed by atoms with Crippen molar-refractivity contribution in [2.75, 3.05) is 0 Å². The molecule has 4 nitrogen and oxygen atoms in total. The topological polar surface area (TPSA) is 54.5 Å². The Morgan fingerprint density at radius 2 is 2.55 bits per heavy atom. The highest BCUT2D eigenvalue weighted by Gasteiger charge is 1.99. The van der Waals surface area contributed by atoms with Crippen LogP contribution in [0.2, 0.25) is 0 Å². The minimum absolute atomic E-state index is 0.401. The molecule has 0 fully saturated rings. The molecule has 11 heavy (non-hydrogen) atoms. The summed E-state index contributed by atoms with van der Waals surface area (Å²) in [4.78, 5) is 0. The molecular weight excluding hydrogens is 140 g/mol. The second kappa shape index (κ2) is 3.71. The predicted molar refractivity (Wildman–Crippen MR) is 39.6 cm³/mol. The fourth-order valence-electron chi connectivity index (χ4n) is 0.834. The highest BCUT2D eigenvalue weighted by molar-refractivity contribution is 5.07. The number of aromatic nitrogens is 3. The summed E-state index contributed by atoms with van der Waals surface area (Å²) < 4.78 is 1.77. The number of nitrogens with zero attached hydrogens (tertiary/aromatic N) is 4. The van der Waals surface area contributed by atoms with E-state index in [1.54, 1.807) is 10.9 Å². The average Bonchev–Trinajstić information content (AvgIpc) is 2.47. The van der Waals surface area contributed by atoms with E-state index in [1.165, 1.54) is 0 Å². The Bertz CT molecular complexity index is 258. The molecule has 0 atom stereocenters. The van der Waals surface area contributed by atoms with E-state index >= 15 is 0 Å². The molecule has 0 saturated heterocycles. The summed E-state index contributed by atoms with van der Waals surface area (Å²) in [6.45, 7) is 2.95. The molecule has 0 spiro atoms. The smallest absolute Gasteiger partial charge is 0.234 e. The molecule has 1 aromatic heterocycles. The molecule has 1 rings (SSSR count). The van der Waals surface area contributed by atoms with Gasteiger partial charge in [0.25, 0.3) is 0 Å². The lowest BCUT2D eigenvalue weighted by molar-refractivity contribution is 0.624. The molecule has 0 amide bonds. The van der Waals surface area contributed by atoms with E-state index in [9.17, 15) is 0 Å². The molecule has 0 N–H and O–H groups in total. The Labute approximate surface area is 65.5 Å². The van der Waals surface area contributed by atoms with Crippen LogP contribution in [0.25, 0.3) is 0 Å². The van der Waals surface area contributed by atoms with Crippen molar-refractivity contribution in [3.63, 3.8) is 0 Å². The average molecular weight is 150 g/mol. The van der Waals surface area contributed by atoms with Crippen molar-refractivity contribution in [2.45, 2.75) is 26.3 Å².